The van der Waals surface area contributed by atoms with Crippen LogP contribution in [0, 0.1) is 0 Å². The van der Waals surface area contributed by atoms with E-state index in [1.165, 1.54) is 5.56 Å². The number of ether oxygens (including phenoxy) is 1. The minimum Gasteiger partial charge on any atom is -0.493 e. The van der Waals surface area contributed by atoms with E-state index in [4.69, 9.17) is 10.5 Å². The number of nitrogens with two attached hydrogens (primary N) is 1. The van der Waals surface area contributed by atoms with Crippen molar-refractivity contribution in [2.24, 2.45) is 0 Å². The van der Waals surface area contributed by atoms with Gasteiger partial charge in [0.1, 0.15) is 5.75 Å². The number of anilines is 1. The Morgan fingerprint density at radius 1 is 1.44 bits per heavy atom. The van der Waals surface area contributed by atoms with Crippen LogP contribution in [-0.2, 0) is 6.54 Å². The van der Waals surface area contributed by atoms with E-state index in [2.05, 4.69) is 11.2 Å². The van der Waals surface area contributed by atoms with Crippen molar-refractivity contribution in [3.63, 3.8) is 0 Å². The van der Waals surface area contributed by atoms with Crippen molar-refractivity contribution in [2.45, 2.75) is 12.5 Å². The molecule has 0 saturated carbocycles. The number of fused-ring (bicyclic) bond motifs is 1. The van der Waals surface area contributed by atoms with Gasteiger partial charge in [0, 0.05) is 17.7 Å². The van der Waals surface area contributed by atoms with Crippen LogP contribution >= 0.6 is 0 Å². The van der Waals surface area contributed by atoms with Crippen molar-refractivity contribution >= 4 is 5.69 Å². The van der Waals surface area contributed by atoms with Crippen LogP contribution in [0.2, 0.25) is 0 Å². The molecule has 82 valence electrons. The minimum atomic E-state index is 0.371. The Labute approximate surface area is 93.6 Å². The van der Waals surface area contributed by atoms with Gasteiger partial charge in [-0.3, -0.25) is 4.68 Å². The van der Waals surface area contributed by atoms with Gasteiger partial charge >= 0.3 is 0 Å². The van der Waals surface area contributed by atoms with Gasteiger partial charge in [0.15, 0.2) is 0 Å². The number of hydrogen-bond acceptors (Lipinski definition) is 3. The van der Waals surface area contributed by atoms with Gasteiger partial charge in [0.2, 0.25) is 0 Å². The molecule has 0 aliphatic carbocycles. The summed E-state index contributed by atoms with van der Waals surface area (Å²) < 4.78 is 7.48. The summed E-state index contributed by atoms with van der Waals surface area (Å²) in [5.41, 5.74) is 7.59. The maximum absolute atomic E-state index is 5.63. The zero-order valence-electron chi connectivity index (χ0n) is 8.84. The van der Waals surface area contributed by atoms with Crippen LogP contribution in [0.3, 0.4) is 0 Å². The SMILES string of the molecule is Nc1cnn(CC2COc3ccccc32)c1. The summed E-state index contributed by atoms with van der Waals surface area (Å²) in [7, 11) is 0. The Morgan fingerprint density at radius 2 is 2.31 bits per heavy atom. The fourth-order valence-corrected chi connectivity index (χ4v) is 2.09. The topological polar surface area (TPSA) is 53.1 Å². The number of benzene rings is 1. The maximum atomic E-state index is 5.63. The molecule has 16 heavy (non-hydrogen) atoms. The molecule has 1 unspecified atom stereocenters. The average Bonchev–Trinajstić information content (AvgIpc) is 2.87. The average molecular weight is 215 g/mol. The van der Waals surface area contributed by atoms with E-state index in [1.54, 1.807) is 6.20 Å². The normalized spacial score (nSPS) is 18.1. The third-order valence-corrected chi connectivity index (χ3v) is 2.86. The third-order valence-electron chi connectivity index (χ3n) is 2.86. The molecule has 0 amide bonds. The smallest absolute Gasteiger partial charge is 0.122 e. The van der Waals surface area contributed by atoms with Crippen LogP contribution in [0.5, 0.6) is 5.75 Å². The van der Waals surface area contributed by atoms with Gasteiger partial charge in [-0.25, -0.2) is 0 Å². The molecule has 0 bridgehead atoms. The van der Waals surface area contributed by atoms with E-state index >= 15 is 0 Å². The van der Waals surface area contributed by atoms with Crippen LogP contribution in [0.4, 0.5) is 5.69 Å². The Hall–Kier alpha value is -1.97. The van der Waals surface area contributed by atoms with Crippen LogP contribution in [0.25, 0.3) is 0 Å². The molecule has 2 heterocycles. The lowest BCUT2D eigenvalue weighted by atomic mass is 10.0. The zero-order valence-corrected chi connectivity index (χ0v) is 8.84. The van der Waals surface area contributed by atoms with E-state index < -0.39 is 0 Å². The summed E-state index contributed by atoms with van der Waals surface area (Å²) in [6, 6.07) is 8.15. The van der Waals surface area contributed by atoms with Crippen molar-refractivity contribution in [2.75, 3.05) is 12.3 Å². The Kier molecular flexibility index (Phi) is 2.06. The van der Waals surface area contributed by atoms with Crippen molar-refractivity contribution < 1.29 is 4.74 Å². The molecule has 1 aliphatic heterocycles. The van der Waals surface area contributed by atoms with Gasteiger partial charge in [0.05, 0.1) is 25.0 Å². The first-order valence-electron chi connectivity index (χ1n) is 5.32. The molecule has 0 radical (unpaired) electrons. The second-order valence-electron chi connectivity index (χ2n) is 4.04. The Balaban J connectivity index is 1.83. The van der Waals surface area contributed by atoms with E-state index in [0.29, 0.717) is 11.6 Å². The lowest BCUT2D eigenvalue weighted by Gasteiger charge is -2.08. The maximum Gasteiger partial charge on any atom is 0.122 e. The second-order valence-corrected chi connectivity index (χ2v) is 4.04. The first-order chi connectivity index (χ1) is 7.83. The Morgan fingerprint density at radius 3 is 3.12 bits per heavy atom. The van der Waals surface area contributed by atoms with Gasteiger partial charge < -0.3 is 10.5 Å². The van der Waals surface area contributed by atoms with Crippen LogP contribution in [0.1, 0.15) is 11.5 Å². The van der Waals surface area contributed by atoms with E-state index in [0.717, 1.165) is 18.9 Å². The summed E-state index contributed by atoms with van der Waals surface area (Å²) in [6.07, 6.45) is 3.52. The van der Waals surface area contributed by atoms with Crippen molar-refractivity contribution in [1.82, 2.24) is 9.78 Å². The molecule has 2 N–H and O–H groups in total. The summed E-state index contributed by atoms with van der Waals surface area (Å²) in [4.78, 5) is 0. The highest BCUT2D eigenvalue weighted by Crippen LogP contribution is 2.34. The summed E-state index contributed by atoms with van der Waals surface area (Å²) in [5.74, 6) is 1.36. The number of hydrogen-bond donors (Lipinski definition) is 1. The molecule has 3 rings (SSSR count). The summed E-state index contributed by atoms with van der Waals surface area (Å²) >= 11 is 0. The van der Waals surface area contributed by atoms with Crippen molar-refractivity contribution in [3.8, 4) is 5.75 Å². The third kappa shape index (κ3) is 1.52. The van der Waals surface area contributed by atoms with Gasteiger partial charge in [-0.15, -0.1) is 0 Å². The first kappa shape index (κ1) is 9.27. The number of aromatic nitrogens is 2. The van der Waals surface area contributed by atoms with Crippen LogP contribution in [0.15, 0.2) is 36.7 Å². The highest BCUT2D eigenvalue weighted by Gasteiger charge is 2.23. The molecule has 0 saturated heterocycles. The standard InChI is InChI=1S/C12H13N3O/c13-10-5-14-15(7-10)6-9-8-16-12-4-2-1-3-11(9)12/h1-5,7,9H,6,8,13H2. The summed E-state index contributed by atoms with van der Waals surface area (Å²) in [6.45, 7) is 1.54. The second kappa shape index (κ2) is 3.56. The number of rotatable bonds is 2. The predicted octanol–water partition coefficient (Wildman–Crippen LogP) is 1.64. The van der Waals surface area contributed by atoms with Crippen LogP contribution < -0.4 is 10.5 Å². The quantitative estimate of drug-likeness (QED) is 0.828. The molecule has 2 aromatic rings. The zero-order chi connectivity index (χ0) is 11.0. The van der Waals surface area contributed by atoms with E-state index in [1.807, 2.05) is 29.1 Å². The number of nitrogens with zero attached hydrogens (tertiary/aromatic N) is 2. The molecule has 0 fully saturated rings. The van der Waals surface area contributed by atoms with Gasteiger partial charge in [-0.2, -0.15) is 5.10 Å². The van der Waals surface area contributed by atoms with Crippen molar-refractivity contribution in [1.29, 1.82) is 0 Å². The molecular weight excluding hydrogens is 202 g/mol. The minimum absolute atomic E-state index is 0.371. The molecule has 4 nitrogen and oxygen atoms in total. The van der Waals surface area contributed by atoms with E-state index in [9.17, 15) is 0 Å². The van der Waals surface area contributed by atoms with Crippen molar-refractivity contribution in [3.05, 3.63) is 42.2 Å². The molecule has 1 aliphatic rings. The molecule has 1 aromatic carbocycles. The summed E-state index contributed by atoms with van der Waals surface area (Å²) in [5, 5.41) is 4.19. The molecular formula is C12H13N3O. The number of para-hydroxylation sites is 1. The lowest BCUT2D eigenvalue weighted by molar-refractivity contribution is 0.315. The molecule has 1 aromatic heterocycles. The van der Waals surface area contributed by atoms with Gasteiger partial charge in [-0.05, 0) is 6.07 Å². The van der Waals surface area contributed by atoms with E-state index in [-0.39, 0.29) is 0 Å². The fraction of sp³-hybridized carbons (Fsp3) is 0.250. The van der Waals surface area contributed by atoms with Crippen LogP contribution in [-0.4, -0.2) is 16.4 Å². The first-order valence-corrected chi connectivity index (χ1v) is 5.32. The number of nitrogen functional groups attached to an aromatic ring is 1. The Bertz CT molecular complexity index is 506. The van der Waals surface area contributed by atoms with Gasteiger partial charge in [-0.1, -0.05) is 18.2 Å². The molecule has 1 atom stereocenters. The lowest BCUT2D eigenvalue weighted by Crippen LogP contribution is -2.10. The molecule has 4 heteroatoms. The largest absolute Gasteiger partial charge is 0.493 e. The van der Waals surface area contributed by atoms with Gasteiger partial charge in [0.25, 0.3) is 0 Å². The highest BCUT2D eigenvalue weighted by atomic mass is 16.5. The predicted molar refractivity (Wildman–Crippen MR) is 61.3 cm³/mol. The molecule has 0 spiro atoms. The fourth-order valence-electron chi connectivity index (χ4n) is 2.09. The highest BCUT2D eigenvalue weighted by molar-refractivity contribution is 5.39. The monoisotopic (exact) mass is 215 g/mol.